The average molecular weight is 356 g/mol. The summed E-state index contributed by atoms with van der Waals surface area (Å²) in [5, 5.41) is 19.4. The summed E-state index contributed by atoms with van der Waals surface area (Å²) in [5.41, 5.74) is 2.15. The zero-order valence-electron chi connectivity index (χ0n) is 15.1. The Kier molecular flexibility index (Phi) is 7.03. The SMILES string of the molecule is OCCN1CCN(CC(O)COc2ccccc2-c2ccccc2)CC1. The second-order valence-corrected chi connectivity index (χ2v) is 6.69. The molecular formula is C21H28N2O3. The van der Waals surface area contributed by atoms with Crippen LogP contribution in [-0.4, -0.2) is 78.6 Å². The van der Waals surface area contributed by atoms with Crippen molar-refractivity contribution in [3.63, 3.8) is 0 Å². The predicted octanol–water partition coefficient (Wildman–Crippen LogP) is 1.70. The summed E-state index contributed by atoms with van der Waals surface area (Å²) in [6, 6.07) is 18.1. The molecule has 1 aliphatic rings. The van der Waals surface area contributed by atoms with Crippen molar-refractivity contribution in [3.8, 4) is 16.9 Å². The molecule has 0 saturated carbocycles. The summed E-state index contributed by atoms with van der Waals surface area (Å²) in [6.45, 7) is 5.53. The van der Waals surface area contributed by atoms with Gasteiger partial charge in [0.15, 0.2) is 0 Å². The van der Waals surface area contributed by atoms with Crippen LogP contribution in [0.15, 0.2) is 54.6 Å². The van der Waals surface area contributed by atoms with E-state index >= 15 is 0 Å². The van der Waals surface area contributed by atoms with Crippen molar-refractivity contribution >= 4 is 0 Å². The first-order valence-electron chi connectivity index (χ1n) is 9.27. The molecule has 0 aromatic heterocycles. The Hall–Kier alpha value is -1.92. The first kappa shape index (κ1) is 18.9. The summed E-state index contributed by atoms with van der Waals surface area (Å²) in [7, 11) is 0. The highest BCUT2D eigenvalue weighted by molar-refractivity contribution is 5.70. The van der Waals surface area contributed by atoms with Crippen molar-refractivity contribution in [2.45, 2.75) is 6.10 Å². The Bertz CT molecular complexity index is 657. The lowest BCUT2D eigenvalue weighted by atomic mass is 10.1. The molecule has 5 heteroatoms. The Morgan fingerprint density at radius 2 is 1.54 bits per heavy atom. The molecule has 5 nitrogen and oxygen atoms in total. The highest BCUT2D eigenvalue weighted by Crippen LogP contribution is 2.29. The highest BCUT2D eigenvalue weighted by Gasteiger charge is 2.19. The van der Waals surface area contributed by atoms with Gasteiger partial charge in [-0.05, 0) is 11.6 Å². The van der Waals surface area contributed by atoms with E-state index in [9.17, 15) is 5.11 Å². The van der Waals surface area contributed by atoms with Crippen molar-refractivity contribution < 1.29 is 14.9 Å². The zero-order valence-corrected chi connectivity index (χ0v) is 15.1. The third-order valence-corrected chi connectivity index (χ3v) is 4.75. The van der Waals surface area contributed by atoms with Crippen LogP contribution in [0, 0.1) is 0 Å². The average Bonchev–Trinajstić information content (AvgIpc) is 2.69. The summed E-state index contributed by atoms with van der Waals surface area (Å²) in [5.74, 6) is 0.797. The van der Waals surface area contributed by atoms with Gasteiger partial charge in [0.1, 0.15) is 18.5 Å². The molecule has 1 fully saturated rings. The first-order chi connectivity index (χ1) is 12.8. The Balaban J connectivity index is 1.50. The van der Waals surface area contributed by atoms with Gasteiger partial charge in [0.2, 0.25) is 0 Å². The van der Waals surface area contributed by atoms with Gasteiger partial charge in [0, 0.05) is 44.8 Å². The molecule has 0 radical (unpaired) electrons. The van der Waals surface area contributed by atoms with Crippen LogP contribution >= 0.6 is 0 Å². The molecule has 26 heavy (non-hydrogen) atoms. The van der Waals surface area contributed by atoms with Crippen LogP contribution in [-0.2, 0) is 0 Å². The number of benzene rings is 2. The van der Waals surface area contributed by atoms with E-state index in [0.29, 0.717) is 6.54 Å². The van der Waals surface area contributed by atoms with E-state index < -0.39 is 6.10 Å². The minimum absolute atomic E-state index is 0.206. The van der Waals surface area contributed by atoms with Crippen molar-refractivity contribution in [1.29, 1.82) is 0 Å². The van der Waals surface area contributed by atoms with Crippen LogP contribution in [0.25, 0.3) is 11.1 Å². The van der Waals surface area contributed by atoms with Crippen LogP contribution < -0.4 is 4.74 Å². The summed E-state index contributed by atoms with van der Waals surface area (Å²) in [6.07, 6.45) is -0.525. The van der Waals surface area contributed by atoms with Crippen LogP contribution in [0.2, 0.25) is 0 Å². The predicted molar refractivity (Wildman–Crippen MR) is 103 cm³/mol. The lowest BCUT2D eigenvalue weighted by molar-refractivity contribution is 0.0430. The van der Waals surface area contributed by atoms with Crippen molar-refractivity contribution in [3.05, 3.63) is 54.6 Å². The molecule has 1 saturated heterocycles. The summed E-state index contributed by atoms with van der Waals surface area (Å²) < 4.78 is 5.93. The van der Waals surface area contributed by atoms with Gasteiger partial charge >= 0.3 is 0 Å². The molecule has 2 N–H and O–H groups in total. The Morgan fingerprint density at radius 3 is 2.27 bits per heavy atom. The number of β-amino-alcohol motifs (C(OH)–C–C–N with tert-alkyl or cyclic N) is 2. The molecule has 0 aliphatic carbocycles. The van der Waals surface area contributed by atoms with Crippen LogP contribution in [0.5, 0.6) is 5.75 Å². The molecular weight excluding hydrogens is 328 g/mol. The topological polar surface area (TPSA) is 56.2 Å². The summed E-state index contributed by atoms with van der Waals surface area (Å²) >= 11 is 0. The normalized spacial score (nSPS) is 17.2. The highest BCUT2D eigenvalue weighted by atomic mass is 16.5. The van der Waals surface area contributed by atoms with E-state index in [0.717, 1.165) is 49.6 Å². The number of piperazine rings is 1. The molecule has 2 aromatic carbocycles. The molecule has 0 spiro atoms. The van der Waals surface area contributed by atoms with Gasteiger partial charge in [-0.15, -0.1) is 0 Å². The van der Waals surface area contributed by atoms with E-state index in [4.69, 9.17) is 9.84 Å². The maximum atomic E-state index is 10.4. The molecule has 1 aliphatic heterocycles. The van der Waals surface area contributed by atoms with Gasteiger partial charge in [0.05, 0.1) is 6.61 Å². The zero-order chi connectivity index (χ0) is 18.2. The maximum absolute atomic E-state index is 10.4. The minimum Gasteiger partial charge on any atom is -0.490 e. The van der Waals surface area contributed by atoms with E-state index in [-0.39, 0.29) is 13.2 Å². The van der Waals surface area contributed by atoms with Gasteiger partial charge in [-0.2, -0.15) is 0 Å². The Morgan fingerprint density at radius 1 is 0.885 bits per heavy atom. The maximum Gasteiger partial charge on any atom is 0.127 e. The van der Waals surface area contributed by atoms with Gasteiger partial charge in [0.25, 0.3) is 0 Å². The second-order valence-electron chi connectivity index (χ2n) is 6.69. The van der Waals surface area contributed by atoms with Crippen molar-refractivity contribution in [1.82, 2.24) is 9.80 Å². The molecule has 1 atom stereocenters. The Labute approximate surface area is 155 Å². The standard InChI is InChI=1S/C21H28N2O3/c24-15-14-22-10-12-23(13-11-22)16-19(25)17-26-21-9-5-4-8-20(21)18-6-2-1-3-7-18/h1-9,19,24-25H,10-17H2. The number of para-hydroxylation sites is 1. The number of rotatable bonds is 8. The second kappa shape index (κ2) is 9.69. The number of hydrogen-bond donors (Lipinski definition) is 2. The van der Waals surface area contributed by atoms with Gasteiger partial charge < -0.3 is 14.9 Å². The first-order valence-corrected chi connectivity index (χ1v) is 9.27. The quantitative estimate of drug-likeness (QED) is 0.754. The van der Waals surface area contributed by atoms with Crippen LogP contribution in [0.4, 0.5) is 0 Å². The number of ether oxygens (including phenoxy) is 1. The third kappa shape index (κ3) is 5.29. The molecule has 0 amide bonds. The van der Waals surface area contributed by atoms with E-state index in [1.54, 1.807) is 0 Å². The monoisotopic (exact) mass is 356 g/mol. The molecule has 3 rings (SSSR count). The lowest BCUT2D eigenvalue weighted by Gasteiger charge is -2.35. The molecule has 0 bridgehead atoms. The fraction of sp³-hybridized carbons (Fsp3) is 0.429. The number of aliphatic hydroxyl groups is 2. The van der Waals surface area contributed by atoms with Crippen molar-refractivity contribution in [2.24, 2.45) is 0 Å². The smallest absolute Gasteiger partial charge is 0.127 e. The summed E-state index contributed by atoms with van der Waals surface area (Å²) in [4.78, 5) is 4.50. The fourth-order valence-electron chi connectivity index (χ4n) is 3.32. The number of hydrogen-bond acceptors (Lipinski definition) is 5. The number of aliphatic hydroxyl groups excluding tert-OH is 2. The molecule has 1 unspecified atom stereocenters. The van der Waals surface area contributed by atoms with E-state index in [2.05, 4.69) is 21.9 Å². The van der Waals surface area contributed by atoms with Crippen molar-refractivity contribution in [2.75, 3.05) is 52.5 Å². The van der Waals surface area contributed by atoms with Crippen LogP contribution in [0.1, 0.15) is 0 Å². The molecule has 1 heterocycles. The lowest BCUT2D eigenvalue weighted by Crippen LogP contribution is -2.49. The van der Waals surface area contributed by atoms with E-state index in [1.165, 1.54) is 0 Å². The number of nitrogens with zero attached hydrogens (tertiary/aromatic N) is 2. The van der Waals surface area contributed by atoms with Crippen LogP contribution in [0.3, 0.4) is 0 Å². The fourth-order valence-corrected chi connectivity index (χ4v) is 3.32. The molecule has 140 valence electrons. The third-order valence-electron chi connectivity index (χ3n) is 4.75. The largest absolute Gasteiger partial charge is 0.490 e. The molecule has 2 aromatic rings. The van der Waals surface area contributed by atoms with E-state index in [1.807, 2.05) is 42.5 Å². The van der Waals surface area contributed by atoms with Gasteiger partial charge in [-0.3, -0.25) is 9.80 Å². The van der Waals surface area contributed by atoms with Gasteiger partial charge in [-0.1, -0.05) is 48.5 Å². The minimum atomic E-state index is -0.525. The van der Waals surface area contributed by atoms with Gasteiger partial charge in [-0.25, -0.2) is 0 Å².